The van der Waals surface area contributed by atoms with Gasteiger partial charge in [-0.05, 0) is 24.3 Å². The van der Waals surface area contributed by atoms with Crippen LogP contribution in [0.4, 0.5) is 18.9 Å². The third kappa shape index (κ3) is 5.12. The summed E-state index contributed by atoms with van der Waals surface area (Å²) in [5.41, 5.74) is -2.14. The van der Waals surface area contributed by atoms with Gasteiger partial charge in [0.25, 0.3) is 5.56 Å². The second kappa shape index (κ2) is 8.66. The Balaban J connectivity index is 2.34. The second-order valence-corrected chi connectivity index (χ2v) is 8.74. The highest BCUT2D eigenvalue weighted by Crippen LogP contribution is 2.30. The van der Waals surface area contributed by atoms with Crippen molar-refractivity contribution in [3.05, 3.63) is 51.4 Å². The molecule has 0 saturated heterocycles. The molecule has 0 unspecified atom stereocenters. The van der Waals surface area contributed by atoms with Crippen LogP contribution in [-0.4, -0.2) is 44.4 Å². The van der Waals surface area contributed by atoms with E-state index in [9.17, 15) is 31.2 Å². The van der Waals surface area contributed by atoms with E-state index >= 15 is 0 Å². The molecule has 0 spiro atoms. The number of rotatable bonds is 6. The standard InChI is InChI=1S/C17H17ClF3N3O5S/c1-23(2)30(27,28)14-7-11(4-5-13(14)29-3)22-15(25)9-24-8-10(17(19,20)21)6-12(18)16(24)26/h4-8H,9H2,1-3H3,(H,22,25). The molecule has 1 aromatic carbocycles. The number of anilines is 1. The van der Waals surface area contributed by atoms with Gasteiger partial charge < -0.3 is 14.6 Å². The van der Waals surface area contributed by atoms with Crippen molar-refractivity contribution in [2.24, 2.45) is 0 Å². The largest absolute Gasteiger partial charge is 0.495 e. The monoisotopic (exact) mass is 467 g/mol. The minimum atomic E-state index is -4.76. The first-order valence-corrected chi connectivity index (χ1v) is 9.96. The lowest BCUT2D eigenvalue weighted by Gasteiger charge is -2.16. The van der Waals surface area contributed by atoms with E-state index in [-0.39, 0.29) is 16.3 Å². The molecule has 0 saturated carbocycles. The number of carbonyl (C=O) groups is 1. The van der Waals surface area contributed by atoms with Gasteiger partial charge >= 0.3 is 6.18 Å². The molecule has 2 rings (SSSR count). The maximum atomic E-state index is 12.9. The summed E-state index contributed by atoms with van der Waals surface area (Å²) in [4.78, 5) is 24.0. The summed E-state index contributed by atoms with van der Waals surface area (Å²) >= 11 is 5.55. The Morgan fingerprint density at radius 3 is 2.43 bits per heavy atom. The van der Waals surface area contributed by atoms with E-state index in [0.29, 0.717) is 16.8 Å². The maximum absolute atomic E-state index is 12.9. The quantitative estimate of drug-likeness (QED) is 0.703. The van der Waals surface area contributed by atoms with Gasteiger partial charge in [-0.1, -0.05) is 11.6 Å². The third-order valence-corrected chi connectivity index (χ3v) is 6.00. The van der Waals surface area contributed by atoms with Gasteiger partial charge in [0.15, 0.2) is 0 Å². The molecular formula is C17H17ClF3N3O5S. The van der Waals surface area contributed by atoms with E-state index in [1.165, 1.54) is 33.3 Å². The van der Waals surface area contributed by atoms with Crippen LogP contribution in [0.5, 0.6) is 5.75 Å². The summed E-state index contributed by atoms with van der Waals surface area (Å²) in [7, 11) is -0.0232. The molecule has 13 heteroatoms. The number of nitrogens with zero attached hydrogens (tertiary/aromatic N) is 2. The molecule has 0 aliphatic carbocycles. The zero-order valence-corrected chi connectivity index (χ0v) is 17.5. The Morgan fingerprint density at radius 1 is 1.27 bits per heavy atom. The van der Waals surface area contributed by atoms with Crippen LogP contribution in [0.25, 0.3) is 0 Å². The number of sulfonamides is 1. The van der Waals surface area contributed by atoms with Crippen molar-refractivity contribution in [1.82, 2.24) is 8.87 Å². The zero-order chi connectivity index (χ0) is 22.9. The van der Waals surface area contributed by atoms with Crippen molar-refractivity contribution in [1.29, 1.82) is 0 Å². The van der Waals surface area contributed by atoms with Crippen LogP contribution in [0.1, 0.15) is 5.56 Å². The molecule has 0 fully saturated rings. The van der Waals surface area contributed by atoms with Gasteiger partial charge in [0.05, 0.1) is 12.7 Å². The Morgan fingerprint density at radius 2 is 1.90 bits per heavy atom. The summed E-state index contributed by atoms with van der Waals surface area (Å²) in [5, 5.41) is 1.64. The van der Waals surface area contributed by atoms with Crippen LogP contribution in [0, 0.1) is 0 Å². The average molecular weight is 468 g/mol. The fourth-order valence-electron chi connectivity index (χ4n) is 2.38. The number of halogens is 4. The first-order valence-electron chi connectivity index (χ1n) is 8.15. The maximum Gasteiger partial charge on any atom is 0.417 e. The van der Waals surface area contributed by atoms with E-state index in [4.69, 9.17) is 16.3 Å². The fraction of sp³-hybridized carbons (Fsp3) is 0.294. The van der Waals surface area contributed by atoms with Crippen molar-refractivity contribution >= 4 is 33.2 Å². The molecule has 0 aliphatic rings. The lowest BCUT2D eigenvalue weighted by Crippen LogP contribution is -2.29. The molecule has 1 heterocycles. The molecule has 1 N–H and O–H groups in total. The van der Waals surface area contributed by atoms with E-state index in [2.05, 4.69) is 5.32 Å². The molecule has 30 heavy (non-hydrogen) atoms. The van der Waals surface area contributed by atoms with Crippen molar-refractivity contribution in [2.75, 3.05) is 26.5 Å². The SMILES string of the molecule is COc1ccc(NC(=O)Cn2cc(C(F)(F)F)cc(Cl)c2=O)cc1S(=O)(=O)N(C)C. The summed E-state index contributed by atoms with van der Waals surface area (Å²) < 4.78 is 70.1. The normalized spacial score (nSPS) is 12.1. The summed E-state index contributed by atoms with van der Waals surface area (Å²) in [6.07, 6.45) is -4.29. The molecule has 0 atom stereocenters. The lowest BCUT2D eigenvalue weighted by atomic mass is 10.2. The van der Waals surface area contributed by atoms with Crippen molar-refractivity contribution in [2.45, 2.75) is 17.6 Å². The van der Waals surface area contributed by atoms with Gasteiger partial charge in [-0.15, -0.1) is 0 Å². The van der Waals surface area contributed by atoms with Crippen LogP contribution in [0.15, 0.2) is 40.2 Å². The Labute approximate surface area is 174 Å². The molecular weight excluding hydrogens is 451 g/mol. The second-order valence-electron chi connectivity index (χ2n) is 6.21. The first kappa shape index (κ1) is 23.7. The molecule has 164 valence electrons. The van der Waals surface area contributed by atoms with Crippen molar-refractivity contribution < 1.29 is 31.1 Å². The van der Waals surface area contributed by atoms with E-state index in [1.54, 1.807) is 0 Å². The van der Waals surface area contributed by atoms with Crippen molar-refractivity contribution in [3.63, 3.8) is 0 Å². The number of carbonyl (C=O) groups excluding carboxylic acids is 1. The number of benzene rings is 1. The smallest absolute Gasteiger partial charge is 0.417 e. The van der Waals surface area contributed by atoms with Crippen LogP contribution in [0.2, 0.25) is 5.02 Å². The van der Waals surface area contributed by atoms with Gasteiger partial charge in [0.1, 0.15) is 22.2 Å². The summed E-state index contributed by atoms with van der Waals surface area (Å²) in [5.74, 6) is -0.839. The lowest BCUT2D eigenvalue weighted by molar-refractivity contribution is -0.138. The van der Waals surface area contributed by atoms with Gasteiger partial charge in [-0.3, -0.25) is 9.59 Å². The zero-order valence-electron chi connectivity index (χ0n) is 15.9. The van der Waals surface area contributed by atoms with Gasteiger partial charge in [0.2, 0.25) is 15.9 Å². The fourth-order valence-corrected chi connectivity index (χ4v) is 3.68. The number of alkyl halides is 3. The summed E-state index contributed by atoms with van der Waals surface area (Å²) in [6.45, 7) is -0.774. The third-order valence-electron chi connectivity index (χ3n) is 3.89. The van der Waals surface area contributed by atoms with E-state index in [1.807, 2.05) is 0 Å². The molecule has 0 bridgehead atoms. The molecule has 1 aromatic heterocycles. The highest BCUT2D eigenvalue weighted by molar-refractivity contribution is 7.89. The average Bonchev–Trinajstić information content (AvgIpc) is 2.64. The molecule has 1 amide bonds. The highest BCUT2D eigenvalue weighted by atomic mass is 35.5. The predicted octanol–water partition coefficient (Wildman–Crippen LogP) is 2.42. The van der Waals surface area contributed by atoms with Gasteiger partial charge in [-0.25, -0.2) is 12.7 Å². The number of hydrogen-bond donors (Lipinski definition) is 1. The molecule has 0 aliphatic heterocycles. The molecule has 8 nitrogen and oxygen atoms in total. The predicted molar refractivity (Wildman–Crippen MR) is 103 cm³/mol. The number of nitrogens with one attached hydrogen (secondary N) is 1. The van der Waals surface area contributed by atoms with Gasteiger partial charge in [-0.2, -0.15) is 13.2 Å². The van der Waals surface area contributed by atoms with Crippen molar-refractivity contribution in [3.8, 4) is 5.75 Å². The number of hydrogen-bond acceptors (Lipinski definition) is 5. The van der Waals surface area contributed by atoms with Crippen LogP contribution in [0.3, 0.4) is 0 Å². The number of aromatic nitrogens is 1. The van der Waals surface area contributed by atoms with Gasteiger partial charge in [0, 0.05) is 26.0 Å². The topological polar surface area (TPSA) is 97.7 Å². The number of methoxy groups -OCH3 is 1. The molecule has 0 radical (unpaired) electrons. The number of pyridine rings is 1. The number of amides is 1. The summed E-state index contributed by atoms with van der Waals surface area (Å²) in [6, 6.07) is 4.25. The van der Waals surface area contributed by atoms with E-state index < -0.39 is 44.8 Å². The first-order chi connectivity index (χ1) is 13.8. The Kier molecular flexibility index (Phi) is 6.84. The number of ether oxygens (including phenoxy) is 1. The minimum absolute atomic E-state index is 0.0302. The Hall–Kier alpha value is -2.57. The molecule has 2 aromatic rings. The van der Waals surface area contributed by atoms with Crippen LogP contribution < -0.4 is 15.6 Å². The van der Waals surface area contributed by atoms with Crippen LogP contribution in [-0.2, 0) is 27.5 Å². The Bertz CT molecular complexity index is 1130. The highest BCUT2D eigenvalue weighted by Gasteiger charge is 2.32. The van der Waals surface area contributed by atoms with E-state index in [0.717, 1.165) is 10.4 Å². The van der Waals surface area contributed by atoms with Crippen LogP contribution >= 0.6 is 11.6 Å². The minimum Gasteiger partial charge on any atom is -0.495 e.